The normalized spacial score (nSPS) is 21.5. The average Bonchev–Trinajstić information content (AvgIpc) is 2.46. The molecule has 22 heavy (non-hydrogen) atoms. The number of likely N-dealkylation sites (tertiary alicyclic amines) is 1. The molecule has 6 nitrogen and oxygen atoms in total. The molecule has 1 aliphatic heterocycles. The first kappa shape index (κ1) is 16.0. The molecule has 1 saturated heterocycles. The zero-order chi connectivity index (χ0) is 16.4. The Hall–Kier alpha value is -2.37. The Morgan fingerprint density at radius 2 is 1.82 bits per heavy atom. The van der Waals surface area contributed by atoms with E-state index in [2.05, 4.69) is 0 Å². The number of benzene rings is 1. The minimum atomic E-state index is -1.07. The molecule has 1 aliphatic rings. The van der Waals surface area contributed by atoms with E-state index >= 15 is 0 Å². The minimum absolute atomic E-state index is 0.00288. The number of primary amides is 1. The van der Waals surface area contributed by atoms with Crippen LogP contribution in [-0.4, -0.2) is 40.4 Å². The maximum absolute atomic E-state index is 12.7. The molecule has 0 aromatic heterocycles. The SMILES string of the molecule is Cc1cc(C(=O)O)cc(C(=O)N2CC(C(N)=O)CCC2C)c1. The average molecular weight is 304 g/mol. The summed E-state index contributed by atoms with van der Waals surface area (Å²) in [6.45, 7) is 3.95. The van der Waals surface area contributed by atoms with Crippen LogP contribution in [-0.2, 0) is 4.79 Å². The van der Waals surface area contributed by atoms with Crippen LogP contribution in [0.4, 0.5) is 0 Å². The highest BCUT2D eigenvalue weighted by Crippen LogP contribution is 2.24. The van der Waals surface area contributed by atoms with Gasteiger partial charge in [-0.3, -0.25) is 9.59 Å². The third-order valence-corrected chi connectivity index (χ3v) is 4.12. The van der Waals surface area contributed by atoms with Gasteiger partial charge in [-0.05, 0) is 50.5 Å². The van der Waals surface area contributed by atoms with Crippen LogP contribution in [0.5, 0.6) is 0 Å². The van der Waals surface area contributed by atoms with E-state index in [-0.39, 0.29) is 30.0 Å². The number of aryl methyl sites for hydroxylation is 1. The molecule has 1 aromatic rings. The summed E-state index contributed by atoms with van der Waals surface area (Å²) in [5, 5.41) is 9.11. The minimum Gasteiger partial charge on any atom is -0.478 e. The predicted octanol–water partition coefficient (Wildman–Crippen LogP) is 1.42. The summed E-state index contributed by atoms with van der Waals surface area (Å²) in [5.41, 5.74) is 6.47. The van der Waals surface area contributed by atoms with Crippen LogP contribution in [0.15, 0.2) is 18.2 Å². The zero-order valence-electron chi connectivity index (χ0n) is 12.7. The molecular weight excluding hydrogens is 284 g/mol. The van der Waals surface area contributed by atoms with Gasteiger partial charge in [0, 0.05) is 18.2 Å². The van der Waals surface area contributed by atoms with Crippen LogP contribution in [0, 0.1) is 12.8 Å². The van der Waals surface area contributed by atoms with E-state index in [0.29, 0.717) is 24.0 Å². The van der Waals surface area contributed by atoms with Crippen molar-refractivity contribution >= 4 is 17.8 Å². The standard InChI is InChI=1S/C16H20N2O4/c1-9-5-12(7-13(6-9)16(21)22)15(20)18-8-11(14(17)19)4-3-10(18)2/h5-7,10-11H,3-4,8H2,1-2H3,(H2,17,19)(H,21,22). The summed E-state index contributed by atoms with van der Waals surface area (Å²) in [4.78, 5) is 36.8. The molecule has 2 atom stereocenters. The van der Waals surface area contributed by atoms with E-state index in [1.165, 1.54) is 12.1 Å². The molecular formula is C16H20N2O4. The van der Waals surface area contributed by atoms with Crippen molar-refractivity contribution in [3.8, 4) is 0 Å². The van der Waals surface area contributed by atoms with Gasteiger partial charge in [-0.1, -0.05) is 0 Å². The Kier molecular flexibility index (Phi) is 4.49. The van der Waals surface area contributed by atoms with Gasteiger partial charge in [0.05, 0.1) is 11.5 Å². The molecule has 1 fully saturated rings. The van der Waals surface area contributed by atoms with E-state index in [1.807, 2.05) is 6.92 Å². The van der Waals surface area contributed by atoms with Crippen LogP contribution in [0.25, 0.3) is 0 Å². The number of carboxylic acid groups (broad SMARTS) is 1. The van der Waals surface area contributed by atoms with Gasteiger partial charge in [0.1, 0.15) is 0 Å². The van der Waals surface area contributed by atoms with Crippen molar-refractivity contribution in [2.24, 2.45) is 11.7 Å². The van der Waals surface area contributed by atoms with Crippen molar-refractivity contribution < 1.29 is 19.5 Å². The summed E-state index contributed by atoms with van der Waals surface area (Å²) in [5.74, 6) is -2.08. The second kappa shape index (κ2) is 6.17. The fourth-order valence-corrected chi connectivity index (χ4v) is 2.82. The van der Waals surface area contributed by atoms with Gasteiger partial charge >= 0.3 is 5.97 Å². The molecule has 0 bridgehead atoms. The lowest BCUT2D eigenvalue weighted by molar-refractivity contribution is -0.123. The smallest absolute Gasteiger partial charge is 0.335 e. The highest BCUT2D eigenvalue weighted by molar-refractivity contribution is 5.98. The van der Waals surface area contributed by atoms with Gasteiger partial charge in [0.2, 0.25) is 5.91 Å². The van der Waals surface area contributed by atoms with E-state index in [0.717, 1.165) is 0 Å². The number of nitrogens with zero attached hydrogens (tertiary/aromatic N) is 1. The van der Waals surface area contributed by atoms with Crippen molar-refractivity contribution in [1.82, 2.24) is 4.90 Å². The van der Waals surface area contributed by atoms with E-state index < -0.39 is 11.9 Å². The quantitative estimate of drug-likeness (QED) is 0.881. The summed E-state index contributed by atoms with van der Waals surface area (Å²) in [7, 11) is 0. The number of hydrogen-bond donors (Lipinski definition) is 2. The number of hydrogen-bond acceptors (Lipinski definition) is 3. The van der Waals surface area contributed by atoms with Crippen molar-refractivity contribution in [2.75, 3.05) is 6.54 Å². The number of amides is 2. The van der Waals surface area contributed by atoms with E-state index in [9.17, 15) is 14.4 Å². The summed E-state index contributed by atoms with van der Waals surface area (Å²) in [6, 6.07) is 4.55. The molecule has 2 unspecified atom stereocenters. The first-order chi connectivity index (χ1) is 10.3. The number of carbonyl (C=O) groups is 3. The number of rotatable bonds is 3. The van der Waals surface area contributed by atoms with Gasteiger partial charge in [0.25, 0.3) is 5.91 Å². The Morgan fingerprint density at radius 1 is 1.18 bits per heavy atom. The number of carboxylic acids is 1. The van der Waals surface area contributed by atoms with Gasteiger partial charge in [-0.2, -0.15) is 0 Å². The van der Waals surface area contributed by atoms with Gasteiger partial charge in [0.15, 0.2) is 0 Å². The molecule has 0 saturated carbocycles. The van der Waals surface area contributed by atoms with Crippen LogP contribution in [0.3, 0.4) is 0 Å². The summed E-state index contributed by atoms with van der Waals surface area (Å²) >= 11 is 0. The van der Waals surface area contributed by atoms with Gasteiger partial charge in [-0.25, -0.2) is 4.79 Å². The lowest BCUT2D eigenvalue weighted by Gasteiger charge is -2.37. The Labute approximate surface area is 128 Å². The maximum Gasteiger partial charge on any atom is 0.335 e. The maximum atomic E-state index is 12.7. The van der Waals surface area contributed by atoms with Crippen molar-refractivity contribution in [3.63, 3.8) is 0 Å². The van der Waals surface area contributed by atoms with Crippen LogP contribution >= 0.6 is 0 Å². The van der Waals surface area contributed by atoms with Crippen molar-refractivity contribution in [1.29, 1.82) is 0 Å². The molecule has 0 aliphatic carbocycles. The zero-order valence-corrected chi connectivity index (χ0v) is 12.7. The molecule has 1 aromatic carbocycles. The van der Waals surface area contributed by atoms with E-state index in [4.69, 9.17) is 10.8 Å². The predicted molar refractivity (Wildman–Crippen MR) is 80.6 cm³/mol. The Bertz CT molecular complexity index is 627. The Balaban J connectivity index is 2.30. The van der Waals surface area contributed by atoms with E-state index in [1.54, 1.807) is 17.9 Å². The molecule has 0 spiro atoms. The first-order valence-corrected chi connectivity index (χ1v) is 7.25. The molecule has 1 heterocycles. The summed E-state index contributed by atoms with van der Waals surface area (Å²) < 4.78 is 0. The van der Waals surface area contributed by atoms with Gasteiger partial charge < -0.3 is 15.7 Å². The molecule has 2 amide bonds. The van der Waals surface area contributed by atoms with Crippen LogP contribution in [0.2, 0.25) is 0 Å². The number of piperidine rings is 1. The highest BCUT2D eigenvalue weighted by Gasteiger charge is 2.32. The van der Waals surface area contributed by atoms with Crippen molar-refractivity contribution in [2.45, 2.75) is 32.7 Å². The molecule has 2 rings (SSSR count). The molecule has 3 N–H and O–H groups in total. The first-order valence-electron chi connectivity index (χ1n) is 7.25. The molecule has 118 valence electrons. The third-order valence-electron chi connectivity index (χ3n) is 4.12. The monoisotopic (exact) mass is 304 g/mol. The second-order valence-electron chi connectivity index (χ2n) is 5.88. The number of carbonyl (C=O) groups excluding carboxylic acids is 2. The Morgan fingerprint density at radius 3 is 2.41 bits per heavy atom. The number of aromatic carboxylic acids is 1. The van der Waals surface area contributed by atoms with Gasteiger partial charge in [-0.15, -0.1) is 0 Å². The number of nitrogens with two attached hydrogens (primary N) is 1. The molecule has 6 heteroatoms. The second-order valence-corrected chi connectivity index (χ2v) is 5.88. The van der Waals surface area contributed by atoms with Crippen LogP contribution in [0.1, 0.15) is 46.0 Å². The summed E-state index contributed by atoms with van der Waals surface area (Å²) in [6.07, 6.45) is 1.38. The fourth-order valence-electron chi connectivity index (χ4n) is 2.82. The van der Waals surface area contributed by atoms with Crippen LogP contribution < -0.4 is 5.73 Å². The topological polar surface area (TPSA) is 101 Å². The third kappa shape index (κ3) is 3.27. The lowest BCUT2D eigenvalue weighted by atomic mass is 9.92. The largest absolute Gasteiger partial charge is 0.478 e. The fraction of sp³-hybridized carbons (Fsp3) is 0.438. The lowest BCUT2D eigenvalue weighted by Crippen LogP contribution is -2.48. The van der Waals surface area contributed by atoms with Crippen molar-refractivity contribution in [3.05, 3.63) is 34.9 Å². The molecule has 0 radical (unpaired) electrons. The highest BCUT2D eigenvalue weighted by atomic mass is 16.4.